The predicted molar refractivity (Wildman–Crippen MR) is 95.3 cm³/mol. The maximum Gasteiger partial charge on any atom is 0.314 e. The Morgan fingerprint density at radius 1 is 0.958 bits per heavy atom. The monoisotopic (exact) mass is 326 g/mol. The van der Waals surface area contributed by atoms with Crippen LogP contribution in [-0.4, -0.2) is 16.9 Å². The number of para-hydroxylation sites is 1. The summed E-state index contributed by atoms with van der Waals surface area (Å²) in [5.41, 5.74) is 3.74. The van der Waals surface area contributed by atoms with E-state index in [-0.39, 0.29) is 11.4 Å². The Labute approximate surface area is 141 Å². The average Bonchev–Trinajstić information content (AvgIpc) is 2.58. The van der Waals surface area contributed by atoms with Crippen LogP contribution in [0.2, 0.25) is 0 Å². The molecule has 2 aromatic carbocycles. The summed E-state index contributed by atoms with van der Waals surface area (Å²) in [4.78, 5) is 24.4. The highest BCUT2D eigenvalue weighted by Crippen LogP contribution is 2.25. The second-order valence-electron chi connectivity index (χ2n) is 5.59. The van der Waals surface area contributed by atoms with Gasteiger partial charge in [0, 0.05) is 5.69 Å². The second-order valence-corrected chi connectivity index (χ2v) is 5.59. The number of aromatic hydroxyl groups is 1. The van der Waals surface area contributed by atoms with Crippen molar-refractivity contribution in [3.8, 4) is 5.75 Å². The maximum atomic E-state index is 12.2. The number of hydrogen-bond acceptors (Lipinski definition) is 3. The summed E-state index contributed by atoms with van der Waals surface area (Å²) in [6.07, 6.45) is 1.51. The number of carbonyl (C=O) groups is 2. The molecule has 0 aromatic heterocycles. The van der Waals surface area contributed by atoms with Crippen molar-refractivity contribution in [2.24, 2.45) is 0 Å². The van der Waals surface area contributed by atoms with Crippen LogP contribution in [0.5, 0.6) is 5.75 Å². The fourth-order valence-electron chi connectivity index (χ4n) is 2.50. The fraction of sp³-hybridized carbons (Fsp3) is 0.263. The highest BCUT2D eigenvalue weighted by Gasteiger charge is 2.18. The summed E-state index contributed by atoms with van der Waals surface area (Å²) >= 11 is 0. The second kappa shape index (κ2) is 7.64. The number of carbonyl (C=O) groups excluding carboxylic acids is 2. The molecule has 2 rings (SSSR count). The Morgan fingerprint density at radius 3 is 2.12 bits per heavy atom. The van der Waals surface area contributed by atoms with E-state index in [0.29, 0.717) is 5.69 Å². The van der Waals surface area contributed by atoms with E-state index in [9.17, 15) is 14.7 Å². The molecule has 126 valence electrons. The van der Waals surface area contributed by atoms with Gasteiger partial charge < -0.3 is 15.7 Å². The lowest BCUT2D eigenvalue weighted by Crippen LogP contribution is -2.30. The summed E-state index contributed by atoms with van der Waals surface area (Å²) in [6, 6.07) is 10.6. The number of anilines is 2. The number of benzene rings is 2. The molecule has 0 aliphatic carbocycles. The predicted octanol–water partition coefficient (Wildman–Crippen LogP) is 3.40. The van der Waals surface area contributed by atoms with E-state index in [0.717, 1.165) is 29.5 Å². The molecule has 2 amide bonds. The Morgan fingerprint density at radius 2 is 1.54 bits per heavy atom. The molecule has 0 aliphatic rings. The van der Waals surface area contributed by atoms with E-state index in [1.165, 1.54) is 6.07 Å². The number of aryl methyl sites for hydroxylation is 3. The van der Waals surface area contributed by atoms with Gasteiger partial charge in [-0.05, 0) is 48.6 Å². The number of phenols is 1. The van der Waals surface area contributed by atoms with Crippen molar-refractivity contribution < 1.29 is 14.7 Å². The number of hydrogen-bond donors (Lipinski definition) is 3. The van der Waals surface area contributed by atoms with Gasteiger partial charge in [-0.1, -0.05) is 38.1 Å². The largest absolute Gasteiger partial charge is 0.506 e. The van der Waals surface area contributed by atoms with Crippen LogP contribution in [0.4, 0.5) is 11.4 Å². The zero-order valence-corrected chi connectivity index (χ0v) is 14.1. The van der Waals surface area contributed by atoms with Gasteiger partial charge in [0.25, 0.3) is 0 Å². The van der Waals surface area contributed by atoms with Crippen molar-refractivity contribution in [2.75, 3.05) is 10.6 Å². The zero-order chi connectivity index (χ0) is 17.7. The van der Waals surface area contributed by atoms with E-state index < -0.39 is 11.8 Å². The van der Waals surface area contributed by atoms with Gasteiger partial charge in [-0.3, -0.25) is 9.59 Å². The van der Waals surface area contributed by atoms with Crippen LogP contribution in [0.1, 0.15) is 30.5 Å². The summed E-state index contributed by atoms with van der Waals surface area (Å²) < 4.78 is 0. The number of rotatable bonds is 4. The maximum absolute atomic E-state index is 12.2. The number of nitrogens with one attached hydrogen (secondary N) is 2. The van der Waals surface area contributed by atoms with Crippen molar-refractivity contribution >= 4 is 23.2 Å². The molecule has 2 aromatic rings. The molecule has 0 heterocycles. The zero-order valence-electron chi connectivity index (χ0n) is 14.1. The van der Waals surface area contributed by atoms with Gasteiger partial charge in [0.15, 0.2) is 0 Å². The Kier molecular flexibility index (Phi) is 5.58. The van der Waals surface area contributed by atoms with Gasteiger partial charge in [-0.2, -0.15) is 0 Å². The third kappa shape index (κ3) is 3.93. The quantitative estimate of drug-likeness (QED) is 0.595. The molecule has 0 atom stereocenters. The molecular weight excluding hydrogens is 304 g/mol. The van der Waals surface area contributed by atoms with E-state index in [2.05, 4.69) is 10.6 Å². The summed E-state index contributed by atoms with van der Waals surface area (Å²) in [6.45, 7) is 5.82. The molecule has 5 heteroatoms. The van der Waals surface area contributed by atoms with Crippen molar-refractivity contribution in [1.29, 1.82) is 0 Å². The topological polar surface area (TPSA) is 78.4 Å². The molecule has 0 saturated heterocycles. The van der Waals surface area contributed by atoms with Gasteiger partial charge >= 0.3 is 11.8 Å². The van der Waals surface area contributed by atoms with E-state index >= 15 is 0 Å². The Balaban J connectivity index is 2.18. The summed E-state index contributed by atoms with van der Waals surface area (Å²) in [5.74, 6) is -1.65. The summed E-state index contributed by atoms with van der Waals surface area (Å²) in [7, 11) is 0. The molecule has 0 fully saturated rings. The van der Waals surface area contributed by atoms with Crippen LogP contribution < -0.4 is 10.6 Å². The van der Waals surface area contributed by atoms with Gasteiger partial charge in [0.1, 0.15) is 5.75 Å². The third-order valence-corrected chi connectivity index (χ3v) is 3.84. The molecular formula is C19H22N2O3. The first-order valence-corrected chi connectivity index (χ1v) is 7.99. The SMILES string of the molecule is CCc1cccc(CC)c1NC(=O)C(=O)Nc1cc(C)ccc1O. The highest BCUT2D eigenvalue weighted by atomic mass is 16.3. The smallest absolute Gasteiger partial charge is 0.314 e. The van der Waals surface area contributed by atoms with Crippen LogP contribution in [0.25, 0.3) is 0 Å². The normalized spacial score (nSPS) is 10.3. The first-order valence-electron chi connectivity index (χ1n) is 7.99. The van der Waals surface area contributed by atoms with Crippen molar-refractivity contribution in [3.63, 3.8) is 0 Å². The van der Waals surface area contributed by atoms with Crippen LogP contribution in [0, 0.1) is 6.92 Å². The first kappa shape index (κ1) is 17.5. The van der Waals surface area contributed by atoms with Crippen LogP contribution >= 0.6 is 0 Å². The molecule has 0 unspecified atom stereocenters. The fourth-order valence-corrected chi connectivity index (χ4v) is 2.50. The Bertz CT molecular complexity index is 747. The first-order chi connectivity index (χ1) is 11.5. The van der Waals surface area contributed by atoms with Gasteiger partial charge in [-0.15, -0.1) is 0 Å². The molecule has 0 saturated carbocycles. The highest BCUT2D eigenvalue weighted by molar-refractivity contribution is 6.44. The molecule has 24 heavy (non-hydrogen) atoms. The average molecular weight is 326 g/mol. The lowest BCUT2D eigenvalue weighted by atomic mass is 10.0. The minimum absolute atomic E-state index is 0.0787. The summed E-state index contributed by atoms with van der Waals surface area (Å²) in [5, 5.41) is 14.9. The van der Waals surface area contributed by atoms with Crippen LogP contribution in [0.3, 0.4) is 0 Å². The molecule has 5 nitrogen and oxygen atoms in total. The van der Waals surface area contributed by atoms with Crippen LogP contribution in [-0.2, 0) is 22.4 Å². The minimum Gasteiger partial charge on any atom is -0.506 e. The van der Waals surface area contributed by atoms with Gasteiger partial charge in [-0.25, -0.2) is 0 Å². The molecule has 0 spiro atoms. The van der Waals surface area contributed by atoms with Gasteiger partial charge in [0.2, 0.25) is 0 Å². The number of amides is 2. The lowest BCUT2D eigenvalue weighted by molar-refractivity contribution is -0.133. The van der Waals surface area contributed by atoms with Crippen molar-refractivity contribution in [2.45, 2.75) is 33.6 Å². The number of phenolic OH excluding ortho intramolecular Hbond substituents is 1. The van der Waals surface area contributed by atoms with E-state index in [1.807, 2.05) is 39.0 Å². The lowest BCUT2D eigenvalue weighted by Gasteiger charge is -2.14. The molecule has 0 bridgehead atoms. The van der Waals surface area contributed by atoms with E-state index in [4.69, 9.17) is 0 Å². The molecule has 0 radical (unpaired) electrons. The van der Waals surface area contributed by atoms with Crippen molar-refractivity contribution in [3.05, 3.63) is 53.1 Å². The van der Waals surface area contributed by atoms with E-state index in [1.54, 1.807) is 12.1 Å². The Hall–Kier alpha value is -2.82. The van der Waals surface area contributed by atoms with Gasteiger partial charge in [0.05, 0.1) is 5.69 Å². The standard InChI is InChI=1S/C19H22N2O3/c1-4-13-7-6-8-14(5-2)17(13)21-19(24)18(23)20-15-11-12(3)9-10-16(15)22/h6-11,22H,4-5H2,1-3H3,(H,20,23)(H,21,24). The van der Waals surface area contributed by atoms with Crippen molar-refractivity contribution in [1.82, 2.24) is 0 Å². The third-order valence-electron chi connectivity index (χ3n) is 3.84. The minimum atomic E-state index is -0.816. The molecule has 0 aliphatic heterocycles. The van der Waals surface area contributed by atoms with Crippen LogP contribution in [0.15, 0.2) is 36.4 Å². The molecule has 3 N–H and O–H groups in total.